The number of carbonyl (C=O) groups is 2. The SMILES string of the molecule is COC1=CC(=O)C=C[C@@]1(C)C(=O)O. The summed E-state index contributed by atoms with van der Waals surface area (Å²) in [5.41, 5.74) is -1.22. The zero-order valence-electron chi connectivity index (χ0n) is 7.40. The van der Waals surface area contributed by atoms with E-state index in [0.717, 1.165) is 0 Å². The molecule has 1 aliphatic rings. The highest BCUT2D eigenvalue weighted by Gasteiger charge is 2.38. The first-order valence-electron chi connectivity index (χ1n) is 3.73. The standard InChI is InChI=1S/C9H10O4/c1-9(8(11)12)4-3-6(10)5-7(9)13-2/h3-5H,1-2H3,(H,11,12)/t9-/m1/s1. The van der Waals surface area contributed by atoms with Crippen molar-refractivity contribution in [3.63, 3.8) is 0 Å². The minimum atomic E-state index is -1.22. The first-order valence-corrected chi connectivity index (χ1v) is 3.73. The number of hydrogen-bond acceptors (Lipinski definition) is 3. The van der Waals surface area contributed by atoms with Crippen molar-refractivity contribution in [3.05, 3.63) is 24.0 Å². The molecule has 70 valence electrons. The summed E-state index contributed by atoms with van der Waals surface area (Å²) < 4.78 is 4.85. The van der Waals surface area contributed by atoms with Gasteiger partial charge in [-0.05, 0) is 13.0 Å². The molecule has 0 aliphatic heterocycles. The second kappa shape index (κ2) is 3.05. The molecule has 0 aromatic carbocycles. The summed E-state index contributed by atoms with van der Waals surface area (Å²) in [4.78, 5) is 21.8. The van der Waals surface area contributed by atoms with Gasteiger partial charge in [0.2, 0.25) is 0 Å². The lowest BCUT2D eigenvalue weighted by atomic mass is 9.84. The highest BCUT2D eigenvalue weighted by Crippen LogP contribution is 2.32. The fourth-order valence-electron chi connectivity index (χ4n) is 1.11. The highest BCUT2D eigenvalue weighted by molar-refractivity contribution is 6.03. The molecule has 4 heteroatoms. The number of rotatable bonds is 2. The van der Waals surface area contributed by atoms with E-state index in [-0.39, 0.29) is 11.5 Å². The van der Waals surface area contributed by atoms with Crippen LogP contribution in [-0.2, 0) is 14.3 Å². The number of carboxylic acids is 1. The van der Waals surface area contributed by atoms with Crippen molar-refractivity contribution >= 4 is 11.8 Å². The first-order chi connectivity index (χ1) is 6.00. The van der Waals surface area contributed by atoms with Crippen molar-refractivity contribution in [1.29, 1.82) is 0 Å². The largest absolute Gasteiger partial charge is 0.499 e. The molecular formula is C9H10O4. The Labute approximate surface area is 75.5 Å². The molecule has 4 nitrogen and oxygen atoms in total. The van der Waals surface area contributed by atoms with Gasteiger partial charge in [-0.25, -0.2) is 0 Å². The Morgan fingerprint density at radius 1 is 1.62 bits per heavy atom. The van der Waals surface area contributed by atoms with Crippen LogP contribution in [0.4, 0.5) is 0 Å². The molecule has 13 heavy (non-hydrogen) atoms. The van der Waals surface area contributed by atoms with Crippen molar-refractivity contribution in [3.8, 4) is 0 Å². The van der Waals surface area contributed by atoms with Crippen LogP contribution in [0.1, 0.15) is 6.92 Å². The van der Waals surface area contributed by atoms with E-state index in [1.165, 1.54) is 32.3 Å². The average molecular weight is 182 g/mol. The molecule has 0 amide bonds. The number of ether oxygens (including phenoxy) is 1. The normalized spacial score (nSPS) is 26.9. The third kappa shape index (κ3) is 1.47. The number of carbonyl (C=O) groups excluding carboxylic acids is 1. The van der Waals surface area contributed by atoms with Crippen LogP contribution in [-0.4, -0.2) is 24.0 Å². The Morgan fingerprint density at radius 2 is 2.23 bits per heavy atom. The number of methoxy groups -OCH3 is 1. The maximum Gasteiger partial charge on any atom is 0.320 e. The van der Waals surface area contributed by atoms with E-state index in [1.807, 2.05) is 0 Å². The smallest absolute Gasteiger partial charge is 0.320 e. The van der Waals surface area contributed by atoms with Crippen molar-refractivity contribution in [2.24, 2.45) is 5.41 Å². The van der Waals surface area contributed by atoms with Crippen molar-refractivity contribution in [2.75, 3.05) is 7.11 Å². The molecule has 0 bridgehead atoms. The molecule has 0 fully saturated rings. The Bertz CT molecular complexity index is 314. The minimum Gasteiger partial charge on any atom is -0.499 e. The molecule has 1 N–H and O–H groups in total. The van der Waals surface area contributed by atoms with E-state index in [9.17, 15) is 9.59 Å². The third-order valence-electron chi connectivity index (χ3n) is 2.03. The van der Waals surface area contributed by atoms with Gasteiger partial charge in [-0.2, -0.15) is 0 Å². The van der Waals surface area contributed by atoms with E-state index in [4.69, 9.17) is 9.84 Å². The maximum absolute atomic E-state index is 10.9. The molecule has 0 unspecified atom stereocenters. The lowest BCUT2D eigenvalue weighted by Gasteiger charge is -2.24. The van der Waals surface area contributed by atoms with E-state index >= 15 is 0 Å². The van der Waals surface area contributed by atoms with Gasteiger partial charge in [-0.15, -0.1) is 0 Å². The number of carboxylic acid groups (broad SMARTS) is 1. The van der Waals surface area contributed by atoms with Gasteiger partial charge in [-0.1, -0.05) is 6.08 Å². The van der Waals surface area contributed by atoms with E-state index in [1.54, 1.807) is 0 Å². The van der Waals surface area contributed by atoms with E-state index in [2.05, 4.69) is 0 Å². The lowest BCUT2D eigenvalue weighted by molar-refractivity contribution is -0.144. The molecule has 0 aromatic heterocycles. The van der Waals surface area contributed by atoms with E-state index < -0.39 is 11.4 Å². The fourth-order valence-corrected chi connectivity index (χ4v) is 1.11. The molecule has 1 atom stereocenters. The van der Waals surface area contributed by atoms with Gasteiger partial charge in [0.05, 0.1) is 7.11 Å². The van der Waals surface area contributed by atoms with Crippen molar-refractivity contribution < 1.29 is 19.4 Å². The second-order valence-electron chi connectivity index (χ2n) is 2.96. The molecular weight excluding hydrogens is 172 g/mol. The van der Waals surface area contributed by atoms with Gasteiger partial charge >= 0.3 is 5.97 Å². The number of allylic oxidation sites excluding steroid dienone is 2. The summed E-state index contributed by atoms with van der Waals surface area (Å²) >= 11 is 0. The van der Waals surface area contributed by atoms with Crippen LogP contribution < -0.4 is 0 Å². The van der Waals surface area contributed by atoms with E-state index in [0.29, 0.717) is 0 Å². The lowest BCUT2D eigenvalue weighted by Crippen LogP contribution is -2.31. The number of aliphatic carboxylic acids is 1. The second-order valence-corrected chi connectivity index (χ2v) is 2.96. The summed E-state index contributed by atoms with van der Waals surface area (Å²) in [5.74, 6) is -1.13. The first kappa shape index (κ1) is 9.51. The zero-order chi connectivity index (χ0) is 10.1. The predicted molar refractivity (Wildman–Crippen MR) is 45.0 cm³/mol. The summed E-state index contributed by atoms with van der Waals surface area (Å²) in [6.45, 7) is 1.48. The van der Waals surface area contributed by atoms with Crippen LogP contribution in [0, 0.1) is 5.41 Å². The summed E-state index contributed by atoms with van der Waals surface area (Å²) in [6.07, 6.45) is 3.75. The monoisotopic (exact) mass is 182 g/mol. The van der Waals surface area contributed by atoms with Crippen LogP contribution in [0.5, 0.6) is 0 Å². The predicted octanol–water partition coefficient (Wildman–Crippen LogP) is 0.746. The Kier molecular flexibility index (Phi) is 2.23. The third-order valence-corrected chi connectivity index (χ3v) is 2.03. The van der Waals surface area contributed by atoms with Crippen LogP contribution in [0.2, 0.25) is 0 Å². The molecule has 0 spiro atoms. The summed E-state index contributed by atoms with van der Waals surface area (Å²) in [7, 11) is 1.35. The van der Waals surface area contributed by atoms with Gasteiger partial charge in [0, 0.05) is 6.08 Å². The van der Waals surface area contributed by atoms with Gasteiger partial charge in [0.1, 0.15) is 11.2 Å². The van der Waals surface area contributed by atoms with Crippen LogP contribution in [0.15, 0.2) is 24.0 Å². The van der Waals surface area contributed by atoms with Gasteiger partial charge < -0.3 is 9.84 Å². The maximum atomic E-state index is 10.9. The topological polar surface area (TPSA) is 63.6 Å². The average Bonchev–Trinajstić information content (AvgIpc) is 2.09. The van der Waals surface area contributed by atoms with Gasteiger partial charge in [-0.3, -0.25) is 9.59 Å². The molecule has 0 aromatic rings. The minimum absolute atomic E-state index is 0.160. The van der Waals surface area contributed by atoms with Gasteiger partial charge in [0.15, 0.2) is 5.78 Å². The molecule has 0 heterocycles. The Balaban J connectivity index is 3.12. The van der Waals surface area contributed by atoms with Crippen LogP contribution >= 0.6 is 0 Å². The number of hydrogen-bond donors (Lipinski definition) is 1. The summed E-state index contributed by atoms with van der Waals surface area (Å²) in [6, 6.07) is 0. The van der Waals surface area contributed by atoms with Crippen molar-refractivity contribution in [2.45, 2.75) is 6.92 Å². The van der Waals surface area contributed by atoms with Gasteiger partial charge in [0.25, 0.3) is 0 Å². The zero-order valence-corrected chi connectivity index (χ0v) is 7.40. The quantitative estimate of drug-likeness (QED) is 0.684. The molecule has 0 radical (unpaired) electrons. The Morgan fingerprint density at radius 3 is 2.69 bits per heavy atom. The fraction of sp³-hybridized carbons (Fsp3) is 0.333. The molecule has 1 rings (SSSR count). The summed E-state index contributed by atoms with van der Waals surface area (Å²) in [5, 5.41) is 8.90. The molecule has 0 saturated carbocycles. The molecule has 0 saturated heterocycles. The number of ketones is 1. The van der Waals surface area contributed by atoms with Crippen LogP contribution in [0.25, 0.3) is 0 Å². The highest BCUT2D eigenvalue weighted by atomic mass is 16.5. The van der Waals surface area contributed by atoms with Crippen molar-refractivity contribution in [1.82, 2.24) is 0 Å². The molecule has 1 aliphatic carbocycles. The Hall–Kier alpha value is -1.58. The van der Waals surface area contributed by atoms with Crippen LogP contribution in [0.3, 0.4) is 0 Å².